The second kappa shape index (κ2) is 8.25. The highest BCUT2D eigenvalue weighted by Gasteiger charge is 2.18. The van der Waals surface area contributed by atoms with Gasteiger partial charge >= 0.3 is 5.97 Å². The highest BCUT2D eigenvalue weighted by Crippen LogP contribution is 2.15. The minimum atomic E-state index is -0.898. The number of carboxylic acid groups (broad SMARTS) is 1. The molecule has 0 bridgehead atoms. The van der Waals surface area contributed by atoms with Gasteiger partial charge in [-0.05, 0) is 25.3 Å². The molecule has 0 fully saturated rings. The molecule has 0 aromatic heterocycles. The number of benzene rings is 1. The Kier molecular flexibility index (Phi) is 6.64. The molecular weight excluding hydrogens is 256 g/mol. The van der Waals surface area contributed by atoms with Crippen molar-refractivity contribution in [2.45, 2.75) is 39.0 Å². The fourth-order valence-corrected chi connectivity index (χ4v) is 2.07. The predicted octanol–water partition coefficient (Wildman–Crippen LogP) is 2.65. The van der Waals surface area contributed by atoms with Crippen LogP contribution in [0.4, 0.5) is 0 Å². The third-order valence-corrected chi connectivity index (χ3v) is 3.22. The molecule has 0 saturated heterocycles. The highest BCUT2D eigenvalue weighted by atomic mass is 16.4. The van der Waals surface area contributed by atoms with Gasteiger partial charge in [-0.1, -0.05) is 30.3 Å². The average Bonchev–Trinajstić information content (AvgIpc) is 2.38. The van der Waals surface area contributed by atoms with E-state index in [9.17, 15) is 14.4 Å². The van der Waals surface area contributed by atoms with Gasteiger partial charge in [0.1, 0.15) is 11.6 Å². The summed E-state index contributed by atoms with van der Waals surface area (Å²) in [6, 6.07) is 9.58. The normalized spacial score (nSPS) is 11.8. The number of hydrogen-bond acceptors (Lipinski definition) is 3. The lowest BCUT2D eigenvalue weighted by molar-refractivity contribution is -0.137. The van der Waals surface area contributed by atoms with Gasteiger partial charge in [0.05, 0.1) is 0 Å². The Morgan fingerprint density at radius 3 is 2.30 bits per heavy atom. The van der Waals surface area contributed by atoms with Crippen LogP contribution in [0.5, 0.6) is 0 Å². The number of carbonyl (C=O) groups excluding carboxylic acids is 2. The summed E-state index contributed by atoms with van der Waals surface area (Å²) in [6.07, 6.45) is 1.31. The Morgan fingerprint density at radius 1 is 1.10 bits per heavy atom. The number of aliphatic carboxylic acids is 1. The molecule has 0 unspecified atom stereocenters. The van der Waals surface area contributed by atoms with E-state index in [1.807, 2.05) is 30.3 Å². The van der Waals surface area contributed by atoms with Crippen molar-refractivity contribution in [1.82, 2.24) is 0 Å². The molecule has 0 heterocycles. The van der Waals surface area contributed by atoms with Gasteiger partial charge in [0, 0.05) is 25.2 Å². The summed E-state index contributed by atoms with van der Waals surface area (Å²) in [7, 11) is 0. The van der Waals surface area contributed by atoms with Crippen LogP contribution < -0.4 is 0 Å². The Hall–Kier alpha value is -1.97. The van der Waals surface area contributed by atoms with Crippen LogP contribution >= 0.6 is 0 Å². The van der Waals surface area contributed by atoms with Crippen LogP contribution in [0.3, 0.4) is 0 Å². The maximum absolute atomic E-state index is 11.8. The van der Waals surface area contributed by atoms with E-state index in [4.69, 9.17) is 5.11 Å². The van der Waals surface area contributed by atoms with E-state index in [0.717, 1.165) is 5.56 Å². The molecule has 0 aliphatic heterocycles. The van der Waals surface area contributed by atoms with E-state index in [1.165, 1.54) is 6.92 Å². The van der Waals surface area contributed by atoms with Crippen LogP contribution in [-0.2, 0) is 20.8 Å². The Bertz CT molecular complexity index is 465. The minimum absolute atomic E-state index is 0.000405. The van der Waals surface area contributed by atoms with E-state index < -0.39 is 5.97 Å². The Balaban J connectivity index is 2.49. The van der Waals surface area contributed by atoms with Crippen LogP contribution in [-0.4, -0.2) is 22.6 Å². The summed E-state index contributed by atoms with van der Waals surface area (Å²) in [5.74, 6) is -1.25. The van der Waals surface area contributed by atoms with E-state index in [0.29, 0.717) is 12.8 Å². The van der Waals surface area contributed by atoms with Crippen LogP contribution in [0.2, 0.25) is 0 Å². The average molecular weight is 276 g/mol. The Morgan fingerprint density at radius 2 is 1.75 bits per heavy atom. The zero-order valence-corrected chi connectivity index (χ0v) is 11.7. The first-order chi connectivity index (χ1) is 9.49. The number of rotatable bonds is 9. The van der Waals surface area contributed by atoms with Crippen molar-refractivity contribution in [3.05, 3.63) is 35.9 Å². The van der Waals surface area contributed by atoms with Crippen molar-refractivity contribution < 1.29 is 19.5 Å². The second-order valence-corrected chi connectivity index (χ2v) is 4.99. The van der Waals surface area contributed by atoms with Crippen LogP contribution in [0.1, 0.15) is 38.2 Å². The van der Waals surface area contributed by atoms with Crippen molar-refractivity contribution in [2.75, 3.05) is 0 Å². The molecule has 1 rings (SSSR count). The van der Waals surface area contributed by atoms with Gasteiger partial charge in [-0.3, -0.25) is 14.4 Å². The Labute approximate surface area is 118 Å². The molecule has 20 heavy (non-hydrogen) atoms. The molecule has 1 aromatic carbocycles. The van der Waals surface area contributed by atoms with Crippen molar-refractivity contribution in [3.63, 3.8) is 0 Å². The zero-order valence-electron chi connectivity index (χ0n) is 11.7. The molecule has 1 N–H and O–H groups in total. The topological polar surface area (TPSA) is 71.4 Å². The largest absolute Gasteiger partial charge is 0.481 e. The predicted molar refractivity (Wildman–Crippen MR) is 75.4 cm³/mol. The zero-order chi connectivity index (χ0) is 15.0. The molecule has 4 heteroatoms. The van der Waals surface area contributed by atoms with Crippen molar-refractivity contribution in [2.24, 2.45) is 5.92 Å². The van der Waals surface area contributed by atoms with Gasteiger partial charge in [0.2, 0.25) is 0 Å². The van der Waals surface area contributed by atoms with Gasteiger partial charge in [0.15, 0.2) is 0 Å². The lowest BCUT2D eigenvalue weighted by Gasteiger charge is -2.13. The number of Topliss-reactive ketones (excluding diaryl/α,β-unsaturated/α-hetero) is 2. The van der Waals surface area contributed by atoms with Crippen molar-refractivity contribution in [1.29, 1.82) is 0 Å². The maximum atomic E-state index is 11.8. The molecule has 0 spiro atoms. The highest BCUT2D eigenvalue weighted by molar-refractivity contribution is 5.87. The standard InChI is InChI=1S/C16H20O4/c1-12(17)14(10-13-6-3-2-4-7-13)11-15(18)8-5-9-16(19)20/h2-4,6-7,14H,5,8-11H2,1H3,(H,19,20)/t14-/m1/s1. The van der Waals surface area contributed by atoms with Crippen LogP contribution in [0.15, 0.2) is 30.3 Å². The summed E-state index contributed by atoms with van der Waals surface area (Å²) in [5.41, 5.74) is 1.03. The molecule has 0 saturated carbocycles. The van der Waals surface area contributed by atoms with Gasteiger partial charge in [-0.25, -0.2) is 0 Å². The molecule has 1 aromatic rings. The van der Waals surface area contributed by atoms with Gasteiger partial charge in [-0.2, -0.15) is 0 Å². The third kappa shape index (κ3) is 6.27. The second-order valence-electron chi connectivity index (χ2n) is 4.99. The summed E-state index contributed by atoms with van der Waals surface area (Å²) >= 11 is 0. The molecule has 0 amide bonds. The summed E-state index contributed by atoms with van der Waals surface area (Å²) in [6.45, 7) is 1.50. The quantitative estimate of drug-likeness (QED) is 0.752. The first kappa shape index (κ1) is 16.1. The van der Waals surface area contributed by atoms with Gasteiger partial charge in [0.25, 0.3) is 0 Å². The number of carboxylic acids is 1. The minimum Gasteiger partial charge on any atom is -0.481 e. The number of ketones is 2. The first-order valence-corrected chi connectivity index (χ1v) is 6.77. The molecule has 4 nitrogen and oxygen atoms in total. The van der Waals surface area contributed by atoms with Crippen LogP contribution in [0, 0.1) is 5.92 Å². The molecule has 0 aliphatic rings. The van der Waals surface area contributed by atoms with E-state index in [2.05, 4.69) is 0 Å². The fourth-order valence-electron chi connectivity index (χ4n) is 2.07. The summed E-state index contributed by atoms with van der Waals surface area (Å²) in [4.78, 5) is 33.8. The molecule has 0 radical (unpaired) electrons. The maximum Gasteiger partial charge on any atom is 0.303 e. The van der Waals surface area contributed by atoms with Crippen LogP contribution in [0.25, 0.3) is 0 Å². The van der Waals surface area contributed by atoms with E-state index in [1.54, 1.807) is 0 Å². The van der Waals surface area contributed by atoms with E-state index in [-0.39, 0.29) is 36.7 Å². The monoisotopic (exact) mass is 276 g/mol. The van der Waals surface area contributed by atoms with E-state index >= 15 is 0 Å². The fraction of sp³-hybridized carbons (Fsp3) is 0.438. The third-order valence-electron chi connectivity index (χ3n) is 3.22. The van der Waals surface area contributed by atoms with Gasteiger partial charge < -0.3 is 5.11 Å². The molecular formula is C16H20O4. The first-order valence-electron chi connectivity index (χ1n) is 6.77. The molecule has 0 aliphatic carbocycles. The summed E-state index contributed by atoms with van der Waals surface area (Å²) in [5, 5.41) is 8.53. The number of carbonyl (C=O) groups is 3. The molecule has 108 valence electrons. The lowest BCUT2D eigenvalue weighted by Crippen LogP contribution is -2.18. The van der Waals surface area contributed by atoms with Crippen molar-refractivity contribution >= 4 is 17.5 Å². The SMILES string of the molecule is CC(=O)[C@@H](CC(=O)CCCC(=O)O)Cc1ccccc1. The smallest absolute Gasteiger partial charge is 0.303 e. The summed E-state index contributed by atoms with van der Waals surface area (Å²) < 4.78 is 0. The van der Waals surface area contributed by atoms with Crippen molar-refractivity contribution in [3.8, 4) is 0 Å². The molecule has 1 atom stereocenters. The lowest BCUT2D eigenvalue weighted by atomic mass is 9.90. The number of hydrogen-bond donors (Lipinski definition) is 1. The van der Waals surface area contributed by atoms with Gasteiger partial charge in [-0.15, -0.1) is 0 Å².